The highest BCUT2D eigenvalue weighted by Gasteiger charge is 2.26. The average molecular weight is 197 g/mol. The summed E-state index contributed by atoms with van der Waals surface area (Å²) in [5, 5.41) is 0. The Morgan fingerprint density at radius 2 is 2.07 bits per heavy atom. The molecular formula is C12H23NO. The van der Waals surface area contributed by atoms with Gasteiger partial charge in [0.15, 0.2) is 0 Å². The number of hydrogen-bond acceptors (Lipinski definition) is 1. The van der Waals surface area contributed by atoms with E-state index in [1.165, 1.54) is 6.08 Å². The molecule has 0 aromatic rings. The Morgan fingerprint density at radius 3 is 2.43 bits per heavy atom. The summed E-state index contributed by atoms with van der Waals surface area (Å²) in [6.45, 7) is 13.7. The van der Waals surface area contributed by atoms with Gasteiger partial charge in [0.05, 0.1) is 0 Å². The van der Waals surface area contributed by atoms with E-state index in [4.69, 9.17) is 0 Å². The Hall–Kier alpha value is -0.790. The standard InChI is InChI=1S/C10H17NO.C2H6/c1-4-10(12)11-6-5-9(7-11)8(2)3;1-2/h4,8-9H,1,5-7H2,2-3H3;1-2H3. The van der Waals surface area contributed by atoms with Crippen molar-refractivity contribution in [1.29, 1.82) is 0 Å². The van der Waals surface area contributed by atoms with Crippen molar-refractivity contribution in [3.63, 3.8) is 0 Å². The molecule has 1 fully saturated rings. The SMILES string of the molecule is C=CC(=O)N1CCC(C(C)C)C1.CC. The first-order valence-corrected chi connectivity index (χ1v) is 5.56. The second-order valence-electron chi connectivity index (χ2n) is 3.78. The van der Waals surface area contributed by atoms with Gasteiger partial charge in [-0.1, -0.05) is 34.3 Å². The number of hydrogen-bond donors (Lipinski definition) is 0. The molecule has 0 bridgehead atoms. The van der Waals surface area contributed by atoms with Gasteiger partial charge in [-0.05, 0) is 24.3 Å². The molecule has 1 saturated heterocycles. The Kier molecular flexibility index (Phi) is 6.26. The minimum absolute atomic E-state index is 0.0816. The van der Waals surface area contributed by atoms with Gasteiger partial charge in [-0.15, -0.1) is 0 Å². The highest BCUT2D eigenvalue weighted by atomic mass is 16.2. The molecule has 1 aliphatic rings. The summed E-state index contributed by atoms with van der Waals surface area (Å²) in [6.07, 6.45) is 2.56. The molecule has 0 aliphatic carbocycles. The van der Waals surface area contributed by atoms with Crippen molar-refractivity contribution in [1.82, 2.24) is 4.90 Å². The lowest BCUT2D eigenvalue weighted by Crippen LogP contribution is -2.27. The minimum atomic E-state index is 0.0816. The number of carbonyl (C=O) groups excluding carboxylic acids is 1. The monoisotopic (exact) mass is 197 g/mol. The molecule has 1 heterocycles. The molecule has 0 N–H and O–H groups in total. The van der Waals surface area contributed by atoms with E-state index in [1.807, 2.05) is 18.7 Å². The Labute approximate surface area is 88.0 Å². The summed E-state index contributed by atoms with van der Waals surface area (Å²) in [4.78, 5) is 13.1. The smallest absolute Gasteiger partial charge is 0.245 e. The van der Waals surface area contributed by atoms with Gasteiger partial charge >= 0.3 is 0 Å². The number of carbonyl (C=O) groups is 1. The molecule has 1 amide bonds. The van der Waals surface area contributed by atoms with E-state index >= 15 is 0 Å². The highest BCUT2D eigenvalue weighted by molar-refractivity contribution is 5.87. The molecule has 1 aliphatic heterocycles. The van der Waals surface area contributed by atoms with E-state index < -0.39 is 0 Å². The van der Waals surface area contributed by atoms with Crippen LogP contribution in [0.15, 0.2) is 12.7 Å². The second-order valence-corrected chi connectivity index (χ2v) is 3.78. The molecule has 14 heavy (non-hydrogen) atoms. The Bertz CT molecular complexity index is 187. The third-order valence-corrected chi connectivity index (χ3v) is 2.65. The molecule has 0 radical (unpaired) electrons. The lowest BCUT2D eigenvalue weighted by Gasteiger charge is -2.16. The first kappa shape index (κ1) is 13.2. The first-order chi connectivity index (χ1) is 6.65. The van der Waals surface area contributed by atoms with Crippen molar-refractivity contribution in [2.24, 2.45) is 11.8 Å². The quantitative estimate of drug-likeness (QED) is 0.623. The molecule has 2 nitrogen and oxygen atoms in total. The van der Waals surface area contributed by atoms with Crippen molar-refractivity contribution in [2.45, 2.75) is 34.1 Å². The fraction of sp³-hybridized carbons (Fsp3) is 0.750. The average Bonchev–Trinajstić information content (AvgIpc) is 2.68. The van der Waals surface area contributed by atoms with E-state index in [0.29, 0.717) is 11.8 Å². The van der Waals surface area contributed by atoms with E-state index in [9.17, 15) is 4.79 Å². The molecule has 1 unspecified atom stereocenters. The van der Waals surface area contributed by atoms with Crippen LogP contribution in [0.5, 0.6) is 0 Å². The Balaban J connectivity index is 0.000000791. The fourth-order valence-electron chi connectivity index (χ4n) is 1.66. The van der Waals surface area contributed by atoms with Gasteiger partial charge in [0.25, 0.3) is 0 Å². The van der Waals surface area contributed by atoms with Crippen molar-refractivity contribution >= 4 is 5.91 Å². The van der Waals surface area contributed by atoms with Crippen LogP contribution in [0.3, 0.4) is 0 Å². The second kappa shape index (κ2) is 6.63. The van der Waals surface area contributed by atoms with Crippen LogP contribution in [0.1, 0.15) is 34.1 Å². The van der Waals surface area contributed by atoms with E-state index in [0.717, 1.165) is 19.5 Å². The minimum Gasteiger partial charge on any atom is -0.339 e. The summed E-state index contributed by atoms with van der Waals surface area (Å²) in [5.41, 5.74) is 0. The maximum absolute atomic E-state index is 11.2. The predicted octanol–water partition coefficient (Wildman–Crippen LogP) is 2.70. The van der Waals surface area contributed by atoms with Crippen LogP contribution in [-0.2, 0) is 4.79 Å². The first-order valence-electron chi connectivity index (χ1n) is 5.56. The van der Waals surface area contributed by atoms with Gasteiger partial charge in [0.2, 0.25) is 5.91 Å². The molecule has 0 spiro atoms. The molecule has 0 aromatic carbocycles. The zero-order valence-electron chi connectivity index (χ0n) is 9.92. The third-order valence-electron chi connectivity index (χ3n) is 2.65. The van der Waals surface area contributed by atoms with E-state index in [-0.39, 0.29) is 5.91 Å². The topological polar surface area (TPSA) is 20.3 Å². The van der Waals surface area contributed by atoms with Gasteiger partial charge in [0, 0.05) is 13.1 Å². The molecule has 0 aromatic heterocycles. The van der Waals surface area contributed by atoms with Crippen molar-refractivity contribution in [2.75, 3.05) is 13.1 Å². The zero-order chi connectivity index (χ0) is 11.1. The van der Waals surface area contributed by atoms with Crippen molar-refractivity contribution < 1.29 is 4.79 Å². The number of likely N-dealkylation sites (tertiary alicyclic amines) is 1. The Morgan fingerprint density at radius 1 is 1.50 bits per heavy atom. The summed E-state index contributed by atoms with van der Waals surface area (Å²) in [5.74, 6) is 1.46. The molecular weight excluding hydrogens is 174 g/mol. The maximum Gasteiger partial charge on any atom is 0.245 e. The van der Waals surface area contributed by atoms with E-state index in [2.05, 4.69) is 20.4 Å². The maximum atomic E-state index is 11.2. The van der Waals surface area contributed by atoms with Crippen LogP contribution in [0.25, 0.3) is 0 Å². The zero-order valence-corrected chi connectivity index (χ0v) is 9.92. The molecule has 1 atom stereocenters. The molecule has 0 saturated carbocycles. The fourth-order valence-corrected chi connectivity index (χ4v) is 1.66. The molecule has 82 valence electrons. The van der Waals surface area contributed by atoms with Crippen LogP contribution >= 0.6 is 0 Å². The lowest BCUT2D eigenvalue weighted by molar-refractivity contribution is -0.125. The number of nitrogens with zero attached hydrogens (tertiary/aromatic N) is 1. The van der Waals surface area contributed by atoms with Crippen molar-refractivity contribution in [3.05, 3.63) is 12.7 Å². The predicted molar refractivity (Wildman–Crippen MR) is 61.1 cm³/mol. The van der Waals surface area contributed by atoms with Gasteiger partial charge in [-0.3, -0.25) is 4.79 Å². The van der Waals surface area contributed by atoms with Gasteiger partial charge in [-0.2, -0.15) is 0 Å². The normalized spacial score (nSPS) is 20.4. The van der Waals surface area contributed by atoms with Crippen molar-refractivity contribution in [3.8, 4) is 0 Å². The number of amides is 1. The number of rotatable bonds is 2. The summed E-state index contributed by atoms with van der Waals surface area (Å²) in [7, 11) is 0. The van der Waals surface area contributed by atoms with E-state index in [1.54, 1.807) is 0 Å². The molecule has 1 rings (SSSR count). The van der Waals surface area contributed by atoms with Crippen LogP contribution in [-0.4, -0.2) is 23.9 Å². The molecule has 2 heteroatoms. The summed E-state index contributed by atoms with van der Waals surface area (Å²) < 4.78 is 0. The largest absolute Gasteiger partial charge is 0.339 e. The van der Waals surface area contributed by atoms with Crippen LogP contribution in [0.4, 0.5) is 0 Å². The lowest BCUT2D eigenvalue weighted by atomic mass is 9.95. The van der Waals surface area contributed by atoms with Gasteiger partial charge < -0.3 is 4.90 Å². The van der Waals surface area contributed by atoms with Gasteiger partial charge in [0.1, 0.15) is 0 Å². The van der Waals surface area contributed by atoms with Crippen LogP contribution in [0.2, 0.25) is 0 Å². The van der Waals surface area contributed by atoms with Crippen LogP contribution < -0.4 is 0 Å². The third kappa shape index (κ3) is 3.52. The highest BCUT2D eigenvalue weighted by Crippen LogP contribution is 2.23. The van der Waals surface area contributed by atoms with Gasteiger partial charge in [-0.25, -0.2) is 0 Å². The van der Waals surface area contributed by atoms with Crippen LogP contribution in [0, 0.1) is 11.8 Å². The summed E-state index contributed by atoms with van der Waals surface area (Å²) in [6, 6.07) is 0. The summed E-state index contributed by atoms with van der Waals surface area (Å²) >= 11 is 0.